The number of aryl methyl sites for hydroxylation is 2. The monoisotopic (exact) mass is 437 g/mol. The zero-order chi connectivity index (χ0) is 19.4. The smallest absolute Gasteiger partial charge is 0.234 e. The summed E-state index contributed by atoms with van der Waals surface area (Å²) >= 11 is 3.25. The molecule has 0 aliphatic carbocycles. The molecule has 152 valence electrons. The first-order chi connectivity index (χ1) is 13.0. The fourth-order valence-electron chi connectivity index (χ4n) is 3.24. The highest BCUT2D eigenvalue weighted by Gasteiger charge is 2.21. The molecule has 0 radical (unpaired) electrons. The zero-order valence-electron chi connectivity index (χ0n) is 16.9. The highest BCUT2D eigenvalue weighted by Crippen LogP contribution is 2.32. The molecule has 0 fully saturated rings. The third kappa shape index (κ3) is 5.32. The van der Waals surface area contributed by atoms with Crippen LogP contribution in [0.5, 0.6) is 0 Å². The largest absolute Gasteiger partial charge is 0.302 e. The first-order valence-corrected chi connectivity index (χ1v) is 11.1. The molecule has 0 aliphatic rings. The van der Waals surface area contributed by atoms with Gasteiger partial charge in [-0.2, -0.15) is 0 Å². The lowest BCUT2D eigenvalue weighted by atomic mass is 10.1. The van der Waals surface area contributed by atoms with Crippen molar-refractivity contribution in [1.82, 2.24) is 9.88 Å². The van der Waals surface area contributed by atoms with Gasteiger partial charge in [0.25, 0.3) is 0 Å². The Morgan fingerprint density at radius 2 is 1.89 bits per heavy atom. The molecule has 0 unspecified atom stereocenters. The fraction of sp³-hybridized carbons (Fsp3) is 0.429. The molecule has 0 N–H and O–H groups in total. The number of carbonyl (C=O) groups is 1. The Bertz CT molecular complexity index is 904. The molecule has 2 heterocycles. The Morgan fingerprint density at radius 3 is 2.54 bits per heavy atom. The number of thiazole rings is 1. The van der Waals surface area contributed by atoms with Crippen LogP contribution in [0.2, 0.25) is 0 Å². The molecule has 3 aromatic rings. The van der Waals surface area contributed by atoms with E-state index < -0.39 is 0 Å². The third-order valence-electron chi connectivity index (χ3n) is 4.79. The molecule has 0 bridgehead atoms. The molecule has 3 rings (SSSR count). The van der Waals surface area contributed by atoms with Gasteiger partial charge in [-0.3, -0.25) is 9.69 Å². The van der Waals surface area contributed by atoms with Gasteiger partial charge >= 0.3 is 0 Å². The van der Waals surface area contributed by atoms with E-state index in [4.69, 9.17) is 4.98 Å². The minimum Gasteiger partial charge on any atom is -0.302 e. The van der Waals surface area contributed by atoms with Gasteiger partial charge in [-0.05, 0) is 55.6 Å². The van der Waals surface area contributed by atoms with Gasteiger partial charge in [-0.15, -0.1) is 23.7 Å². The highest BCUT2D eigenvalue weighted by atomic mass is 35.5. The summed E-state index contributed by atoms with van der Waals surface area (Å²) in [5.74, 6) is 0.123. The molecule has 2 aromatic heterocycles. The number of hydrogen-bond acceptors (Lipinski definition) is 5. The number of rotatable bonds is 8. The van der Waals surface area contributed by atoms with Crippen molar-refractivity contribution in [1.29, 1.82) is 0 Å². The second-order valence-electron chi connectivity index (χ2n) is 6.75. The maximum Gasteiger partial charge on any atom is 0.234 e. The van der Waals surface area contributed by atoms with Crippen molar-refractivity contribution in [3.8, 4) is 0 Å². The lowest BCUT2D eigenvalue weighted by Gasteiger charge is -2.24. The molecule has 0 spiro atoms. The van der Waals surface area contributed by atoms with Gasteiger partial charge < -0.3 is 4.90 Å². The molecular weight excluding hydrogens is 410 g/mol. The first-order valence-electron chi connectivity index (χ1n) is 9.44. The van der Waals surface area contributed by atoms with Gasteiger partial charge in [-0.1, -0.05) is 37.3 Å². The second kappa shape index (κ2) is 10.3. The van der Waals surface area contributed by atoms with E-state index >= 15 is 0 Å². The molecule has 4 nitrogen and oxygen atoms in total. The van der Waals surface area contributed by atoms with E-state index in [1.54, 1.807) is 22.7 Å². The van der Waals surface area contributed by atoms with Gasteiger partial charge in [0.05, 0.1) is 16.6 Å². The summed E-state index contributed by atoms with van der Waals surface area (Å²) in [5.41, 5.74) is 3.41. The van der Waals surface area contributed by atoms with Crippen LogP contribution in [-0.2, 0) is 11.2 Å². The van der Waals surface area contributed by atoms with Gasteiger partial charge in [0, 0.05) is 18.0 Å². The first kappa shape index (κ1) is 22.8. The van der Waals surface area contributed by atoms with Gasteiger partial charge in [0.1, 0.15) is 0 Å². The second-order valence-corrected chi connectivity index (χ2v) is 8.79. The number of hydrogen-bond donors (Lipinski definition) is 0. The zero-order valence-corrected chi connectivity index (χ0v) is 19.3. The molecule has 7 heteroatoms. The van der Waals surface area contributed by atoms with Crippen LogP contribution in [0.25, 0.3) is 10.2 Å². The third-order valence-corrected chi connectivity index (χ3v) is 6.69. The Balaban J connectivity index is 0.00000280. The normalized spacial score (nSPS) is 11.0. The number of anilines is 1. The summed E-state index contributed by atoms with van der Waals surface area (Å²) in [6.45, 7) is 12.0. The Morgan fingerprint density at radius 1 is 1.14 bits per heavy atom. The summed E-state index contributed by atoms with van der Waals surface area (Å²) in [5, 5.41) is 2.83. The number of nitrogens with zero attached hydrogens (tertiary/aromatic N) is 3. The molecule has 1 aromatic carbocycles. The van der Waals surface area contributed by atoms with E-state index in [0.29, 0.717) is 13.0 Å². The predicted molar refractivity (Wildman–Crippen MR) is 125 cm³/mol. The molecule has 0 saturated carbocycles. The van der Waals surface area contributed by atoms with Crippen LogP contribution in [0.4, 0.5) is 5.13 Å². The number of amides is 1. The number of carbonyl (C=O) groups excluding carboxylic acids is 1. The van der Waals surface area contributed by atoms with Crippen LogP contribution in [0, 0.1) is 13.8 Å². The molecule has 0 atom stereocenters. The molecule has 0 aliphatic heterocycles. The molecule has 28 heavy (non-hydrogen) atoms. The standard InChI is InChI=1S/C21H27N3OS2.ClH/c1-5-23(6-2)9-10-24(19(25)14-17-8-7-11-26-17)21-22-20-16(4)12-15(3)13-18(20)27-21;/h7-8,11-13H,5-6,9-10,14H2,1-4H3;1H. The van der Waals surface area contributed by atoms with Gasteiger partial charge in [0.2, 0.25) is 5.91 Å². The average Bonchev–Trinajstić information content (AvgIpc) is 3.28. The fourth-order valence-corrected chi connectivity index (χ4v) is 5.12. The van der Waals surface area contributed by atoms with Crippen molar-refractivity contribution in [3.63, 3.8) is 0 Å². The minimum atomic E-state index is 0. The van der Waals surface area contributed by atoms with E-state index in [0.717, 1.165) is 39.9 Å². The van der Waals surface area contributed by atoms with Crippen molar-refractivity contribution >= 4 is 56.3 Å². The topological polar surface area (TPSA) is 36.4 Å². The molecule has 1 amide bonds. The lowest BCUT2D eigenvalue weighted by Crippen LogP contribution is -2.39. The maximum atomic E-state index is 13.1. The van der Waals surface area contributed by atoms with E-state index in [-0.39, 0.29) is 18.3 Å². The van der Waals surface area contributed by atoms with E-state index in [9.17, 15) is 4.79 Å². The number of likely N-dealkylation sites (N-methyl/N-ethyl adjacent to an activating group) is 1. The van der Waals surface area contributed by atoms with E-state index in [1.807, 2.05) is 22.4 Å². The Labute approximate surface area is 181 Å². The number of aromatic nitrogens is 1. The summed E-state index contributed by atoms with van der Waals surface area (Å²) in [7, 11) is 0. The molecule has 0 saturated heterocycles. The van der Waals surface area contributed by atoms with Crippen LogP contribution < -0.4 is 4.90 Å². The summed E-state index contributed by atoms with van der Waals surface area (Å²) in [6, 6.07) is 8.34. The maximum absolute atomic E-state index is 13.1. The Hall–Kier alpha value is -1.47. The number of fused-ring (bicyclic) bond motifs is 1. The summed E-state index contributed by atoms with van der Waals surface area (Å²) < 4.78 is 1.15. The van der Waals surface area contributed by atoms with Crippen molar-refractivity contribution < 1.29 is 4.79 Å². The number of halogens is 1. The van der Waals surface area contributed by atoms with Crippen LogP contribution in [0.1, 0.15) is 29.9 Å². The summed E-state index contributed by atoms with van der Waals surface area (Å²) in [6.07, 6.45) is 0.434. The van der Waals surface area contributed by atoms with Crippen molar-refractivity contribution in [3.05, 3.63) is 45.6 Å². The highest BCUT2D eigenvalue weighted by molar-refractivity contribution is 7.22. The van der Waals surface area contributed by atoms with Crippen molar-refractivity contribution in [2.24, 2.45) is 0 Å². The van der Waals surface area contributed by atoms with Crippen molar-refractivity contribution in [2.45, 2.75) is 34.1 Å². The van der Waals surface area contributed by atoms with E-state index in [1.165, 1.54) is 11.1 Å². The number of benzene rings is 1. The molecular formula is C21H28ClN3OS2. The lowest BCUT2D eigenvalue weighted by molar-refractivity contribution is -0.118. The average molecular weight is 438 g/mol. The minimum absolute atomic E-state index is 0. The van der Waals surface area contributed by atoms with Crippen LogP contribution in [0.3, 0.4) is 0 Å². The van der Waals surface area contributed by atoms with Gasteiger partial charge in [0.15, 0.2) is 5.13 Å². The van der Waals surface area contributed by atoms with Crippen LogP contribution >= 0.6 is 35.1 Å². The quantitative estimate of drug-likeness (QED) is 0.478. The van der Waals surface area contributed by atoms with E-state index in [2.05, 4.69) is 44.7 Å². The predicted octanol–water partition coefficient (Wildman–Crippen LogP) is 5.31. The van der Waals surface area contributed by atoms with Crippen LogP contribution in [0.15, 0.2) is 29.6 Å². The number of thiophene rings is 1. The SMILES string of the molecule is CCN(CC)CCN(C(=O)Cc1cccs1)c1nc2c(C)cc(C)cc2s1.Cl. The summed E-state index contributed by atoms with van der Waals surface area (Å²) in [4.78, 5) is 23.3. The van der Waals surface area contributed by atoms with Gasteiger partial charge in [-0.25, -0.2) is 4.98 Å². The Kier molecular flexibility index (Phi) is 8.43. The van der Waals surface area contributed by atoms with Crippen LogP contribution in [-0.4, -0.2) is 42.0 Å². The van der Waals surface area contributed by atoms with Crippen molar-refractivity contribution in [2.75, 3.05) is 31.1 Å².